The lowest BCUT2D eigenvalue weighted by atomic mass is 10.5. The second-order valence-electron chi connectivity index (χ2n) is 1.96. The Bertz CT molecular complexity index is 70.0. The Kier molecular flexibility index (Phi) is 6.38. The quantitative estimate of drug-likeness (QED) is 0.512. The van der Waals surface area contributed by atoms with Crippen LogP contribution in [0.1, 0.15) is 20.8 Å². The minimum atomic E-state index is -0.102. The van der Waals surface area contributed by atoms with Crippen LogP contribution in [0.5, 0.6) is 0 Å². The molecule has 3 heteroatoms. The predicted molar refractivity (Wildman–Crippen MR) is 45.4 cm³/mol. The molecule has 0 fully saturated rings. The van der Waals surface area contributed by atoms with Crippen LogP contribution in [0.2, 0.25) is 0 Å². The Morgan fingerprint density at radius 2 is 1.60 bits per heavy atom. The van der Waals surface area contributed by atoms with E-state index < -0.39 is 0 Å². The molecule has 0 aromatic rings. The number of ether oxygens (including phenoxy) is 2. The second-order valence-corrected chi connectivity index (χ2v) is 3.40. The first-order valence-electron chi connectivity index (χ1n) is 3.59. The smallest absolute Gasteiger partial charge is 0.169 e. The van der Waals surface area contributed by atoms with E-state index in [1.807, 2.05) is 20.8 Å². The molecule has 0 spiro atoms. The molecular weight excluding hydrogens is 196 g/mol. The van der Waals surface area contributed by atoms with E-state index in [1.54, 1.807) is 0 Å². The van der Waals surface area contributed by atoms with Crippen molar-refractivity contribution in [3.8, 4) is 0 Å². The fourth-order valence-corrected chi connectivity index (χ4v) is 0.947. The maximum atomic E-state index is 5.27. The van der Waals surface area contributed by atoms with Gasteiger partial charge in [-0.05, 0) is 20.8 Å². The van der Waals surface area contributed by atoms with E-state index in [-0.39, 0.29) is 11.1 Å². The van der Waals surface area contributed by atoms with Crippen LogP contribution in [0.4, 0.5) is 0 Å². The normalized spacial score (nSPS) is 14.1. The van der Waals surface area contributed by atoms with E-state index in [0.29, 0.717) is 13.2 Å². The molecule has 0 rings (SSSR count). The van der Waals surface area contributed by atoms with Gasteiger partial charge in [0.2, 0.25) is 0 Å². The van der Waals surface area contributed by atoms with Crippen molar-refractivity contribution in [3.63, 3.8) is 0 Å². The van der Waals surface area contributed by atoms with E-state index in [4.69, 9.17) is 9.47 Å². The summed E-state index contributed by atoms with van der Waals surface area (Å²) >= 11 is 3.39. The van der Waals surface area contributed by atoms with Gasteiger partial charge >= 0.3 is 0 Å². The van der Waals surface area contributed by atoms with Gasteiger partial charge in [-0.15, -0.1) is 0 Å². The van der Waals surface area contributed by atoms with Crippen molar-refractivity contribution in [1.29, 1.82) is 0 Å². The molecule has 0 aliphatic heterocycles. The van der Waals surface area contributed by atoms with Crippen molar-refractivity contribution < 1.29 is 9.47 Å². The molecule has 0 aliphatic rings. The van der Waals surface area contributed by atoms with Gasteiger partial charge in [-0.25, -0.2) is 0 Å². The molecule has 1 atom stereocenters. The lowest BCUT2D eigenvalue weighted by molar-refractivity contribution is -0.132. The highest BCUT2D eigenvalue weighted by molar-refractivity contribution is 9.09. The molecule has 0 N–H and O–H groups in total. The third-order valence-electron chi connectivity index (χ3n) is 1.04. The monoisotopic (exact) mass is 210 g/mol. The third kappa shape index (κ3) is 4.25. The van der Waals surface area contributed by atoms with Crippen LogP contribution >= 0.6 is 15.9 Å². The van der Waals surface area contributed by atoms with Crippen molar-refractivity contribution in [2.45, 2.75) is 31.9 Å². The first kappa shape index (κ1) is 10.4. The number of alkyl halides is 1. The summed E-state index contributed by atoms with van der Waals surface area (Å²) in [5, 5.41) is 0. The fourth-order valence-electron chi connectivity index (χ4n) is 0.642. The summed E-state index contributed by atoms with van der Waals surface area (Å²) < 4.78 is 10.5. The molecule has 0 aromatic heterocycles. The Balaban J connectivity index is 3.50. The lowest BCUT2D eigenvalue weighted by Gasteiger charge is -2.18. The zero-order chi connectivity index (χ0) is 7.98. The van der Waals surface area contributed by atoms with Crippen LogP contribution in [0.25, 0.3) is 0 Å². The molecule has 1 unspecified atom stereocenters. The SMILES string of the molecule is CCOC(OCC)C(C)Br. The maximum absolute atomic E-state index is 5.27. The highest BCUT2D eigenvalue weighted by Gasteiger charge is 2.13. The number of halogens is 1. The third-order valence-corrected chi connectivity index (χ3v) is 1.47. The highest BCUT2D eigenvalue weighted by atomic mass is 79.9. The molecule has 0 saturated carbocycles. The summed E-state index contributed by atoms with van der Waals surface area (Å²) in [5.41, 5.74) is 0. The summed E-state index contributed by atoms with van der Waals surface area (Å²) in [4.78, 5) is 0.257. The molecule has 2 nitrogen and oxygen atoms in total. The average molecular weight is 211 g/mol. The van der Waals surface area contributed by atoms with Gasteiger partial charge in [0, 0.05) is 13.2 Å². The molecule has 62 valence electrons. The molecule has 0 radical (unpaired) electrons. The molecule has 0 aromatic carbocycles. The van der Waals surface area contributed by atoms with Crippen LogP contribution in [0, 0.1) is 0 Å². The Labute approximate surface area is 71.0 Å². The molecule has 0 aliphatic carbocycles. The lowest BCUT2D eigenvalue weighted by Crippen LogP contribution is -2.25. The van der Waals surface area contributed by atoms with Gasteiger partial charge in [0.25, 0.3) is 0 Å². The van der Waals surface area contributed by atoms with Crippen LogP contribution < -0.4 is 0 Å². The number of hydrogen-bond acceptors (Lipinski definition) is 2. The van der Waals surface area contributed by atoms with E-state index in [1.165, 1.54) is 0 Å². The first-order valence-corrected chi connectivity index (χ1v) is 4.51. The summed E-state index contributed by atoms with van der Waals surface area (Å²) in [6, 6.07) is 0. The zero-order valence-electron chi connectivity index (χ0n) is 6.76. The minimum Gasteiger partial charge on any atom is -0.352 e. The molecule has 0 saturated heterocycles. The van der Waals surface area contributed by atoms with Crippen LogP contribution in [-0.4, -0.2) is 24.3 Å². The highest BCUT2D eigenvalue weighted by Crippen LogP contribution is 2.09. The van der Waals surface area contributed by atoms with Gasteiger partial charge in [0.1, 0.15) is 0 Å². The van der Waals surface area contributed by atoms with Crippen LogP contribution in [0.3, 0.4) is 0 Å². The van der Waals surface area contributed by atoms with Crippen LogP contribution in [0.15, 0.2) is 0 Å². The Morgan fingerprint density at radius 1 is 1.20 bits per heavy atom. The van der Waals surface area contributed by atoms with Gasteiger partial charge in [-0.1, -0.05) is 15.9 Å². The largest absolute Gasteiger partial charge is 0.352 e. The molecule has 10 heavy (non-hydrogen) atoms. The average Bonchev–Trinajstić information content (AvgIpc) is 1.87. The van der Waals surface area contributed by atoms with Crippen LogP contribution in [-0.2, 0) is 9.47 Å². The topological polar surface area (TPSA) is 18.5 Å². The van der Waals surface area contributed by atoms with Crippen molar-refractivity contribution in [3.05, 3.63) is 0 Å². The summed E-state index contributed by atoms with van der Waals surface area (Å²) in [6.07, 6.45) is -0.102. The van der Waals surface area contributed by atoms with E-state index >= 15 is 0 Å². The molecule has 0 heterocycles. The van der Waals surface area contributed by atoms with E-state index in [0.717, 1.165) is 0 Å². The first-order chi connectivity index (χ1) is 4.72. The Morgan fingerprint density at radius 3 is 1.80 bits per heavy atom. The van der Waals surface area contributed by atoms with Crippen molar-refractivity contribution in [2.75, 3.05) is 13.2 Å². The van der Waals surface area contributed by atoms with Crippen molar-refractivity contribution in [1.82, 2.24) is 0 Å². The van der Waals surface area contributed by atoms with Gasteiger partial charge in [0.05, 0.1) is 4.83 Å². The van der Waals surface area contributed by atoms with E-state index in [9.17, 15) is 0 Å². The summed E-state index contributed by atoms with van der Waals surface area (Å²) in [7, 11) is 0. The van der Waals surface area contributed by atoms with Crippen molar-refractivity contribution >= 4 is 15.9 Å². The Hall–Kier alpha value is 0.400. The standard InChI is InChI=1S/C7H15BrO2/c1-4-9-7(6(3)8)10-5-2/h6-7H,4-5H2,1-3H3. The zero-order valence-corrected chi connectivity index (χ0v) is 8.35. The molecule has 0 bridgehead atoms. The fraction of sp³-hybridized carbons (Fsp3) is 1.00. The van der Waals surface area contributed by atoms with Gasteiger partial charge in [-0.3, -0.25) is 0 Å². The second kappa shape index (κ2) is 6.13. The van der Waals surface area contributed by atoms with Gasteiger partial charge < -0.3 is 9.47 Å². The predicted octanol–water partition coefficient (Wildman–Crippen LogP) is 2.17. The number of rotatable bonds is 5. The number of hydrogen-bond donors (Lipinski definition) is 0. The van der Waals surface area contributed by atoms with Gasteiger partial charge in [0.15, 0.2) is 6.29 Å². The van der Waals surface area contributed by atoms with Crippen molar-refractivity contribution in [2.24, 2.45) is 0 Å². The molecular formula is C7H15BrO2. The van der Waals surface area contributed by atoms with E-state index in [2.05, 4.69) is 15.9 Å². The van der Waals surface area contributed by atoms with Gasteiger partial charge in [-0.2, -0.15) is 0 Å². The summed E-state index contributed by atoms with van der Waals surface area (Å²) in [5.74, 6) is 0. The molecule has 0 amide bonds. The maximum Gasteiger partial charge on any atom is 0.169 e. The minimum absolute atomic E-state index is 0.102. The summed E-state index contributed by atoms with van der Waals surface area (Å²) in [6.45, 7) is 7.32.